The number of carbonyl (C=O) groups excluding carboxylic acids is 1. The van der Waals surface area contributed by atoms with Crippen LogP contribution >= 0.6 is 0 Å². The van der Waals surface area contributed by atoms with Gasteiger partial charge in [0.25, 0.3) is 5.91 Å². The molecule has 0 aromatic heterocycles. The molecule has 158 valence electrons. The van der Waals surface area contributed by atoms with Gasteiger partial charge in [-0.05, 0) is 48.9 Å². The summed E-state index contributed by atoms with van der Waals surface area (Å²) in [5, 5.41) is 10.6. The van der Waals surface area contributed by atoms with Crippen molar-refractivity contribution in [3.05, 3.63) is 53.6 Å². The molecule has 0 bridgehead atoms. The molecule has 1 saturated heterocycles. The summed E-state index contributed by atoms with van der Waals surface area (Å²) >= 11 is 0. The molecule has 5 rings (SSSR count). The van der Waals surface area contributed by atoms with Gasteiger partial charge in [-0.15, -0.1) is 0 Å². The normalized spacial score (nSPS) is 27.1. The molecule has 2 aromatic rings. The number of fused-ring (bicyclic) bond motifs is 2. The van der Waals surface area contributed by atoms with Crippen LogP contribution in [0.15, 0.2) is 36.4 Å². The van der Waals surface area contributed by atoms with E-state index in [1.54, 1.807) is 18.2 Å². The van der Waals surface area contributed by atoms with Gasteiger partial charge >= 0.3 is 0 Å². The second-order valence-corrected chi connectivity index (χ2v) is 8.04. The van der Waals surface area contributed by atoms with Crippen LogP contribution in [0.2, 0.25) is 0 Å². The number of aliphatic hydroxyl groups excluding tert-OH is 1. The first-order valence-corrected chi connectivity index (χ1v) is 9.97. The summed E-state index contributed by atoms with van der Waals surface area (Å²) in [6.45, 7) is 0.914. The second kappa shape index (κ2) is 7.43. The molecule has 2 heterocycles. The third-order valence-electron chi connectivity index (χ3n) is 6.18. The quantitative estimate of drug-likeness (QED) is 0.832. The molecule has 1 saturated carbocycles. The fraction of sp³-hybridized carbons (Fsp3) is 0.409. The molecule has 0 unspecified atom stereocenters. The van der Waals surface area contributed by atoms with E-state index in [0.717, 1.165) is 12.1 Å². The summed E-state index contributed by atoms with van der Waals surface area (Å²) < 4.78 is 44.7. The van der Waals surface area contributed by atoms with Gasteiger partial charge in [-0.3, -0.25) is 4.79 Å². The SMILES string of the molecule is O=C(c1c(F)cccc1F)N1C[C@H]2C[C@@H](Oc3ccc4c(c3)OCO4)[C@H](O)C[C@H]2C1. The zero-order valence-corrected chi connectivity index (χ0v) is 16.1. The molecular formula is C22H21F2NO5. The average molecular weight is 417 g/mol. The number of halogens is 2. The molecule has 2 fully saturated rings. The Hall–Kier alpha value is -2.87. The lowest BCUT2D eigenvalue weighted by molar-refractivity contribution is -0.0232. The Balaban J connectivity index is 1.28. The molecular weight excluding hydrogens is 396 g/mol. The van der Waals surface area contributed by atoms with Crippen molar-refractivity contribution in [1.29, 1.82) is 0 Å². The third kappa shape index (κ3) is 3.35. The van der Waals surface area contributed by atoms with E-state index in [1.807, 2.05) is 0 Å². The van der Waals surface area contributed by atoms with Crippen molar-refractivity contribution in [3.63, 3.8) is 0 Å². The van der Waals surface area contributed by atoms with Crippen molar-refractivity contribution in [1.82, 2.24) is 4.90 Å². The fourth-order valence-electron chi connectivity index (χ4n) is 4.67. The van der Waals surface area contributed by atoms with Crippen LogP contribution in [0.5, 0.6) is 17.2 Å². The number of rotatable bonds is 3. The highest BCUT2D eigenvalue weighted by atomic mass is 19.1. The Morgan fingerprint density at radius 3 is 2.50 bits per heavy atom. The lowest BCUT2D eigenvalue weighted by atomic mass is 9.78. The predicted octanol–water partition coefficient (Wildman–Crippen LogP) is 2.98. The van der Waals surface area contributed by atoms with Gasteiger partial charge in [-0.1, -0.05) is 6.07 Å². The van der Waals surface area contributed by atoms with E-state index in [0.29, 0.717) is 43.2 Å². The summed E-state index contributed by atoms with van der Waals surface area (Å²) in [5.74, 6) is -0.402. The van der Waals surface area contributed by atoms with Crippen LogP contribution < -0.4 is 14.2 Å². The van der Waals surface area contributed by atoms with Crippen LogP contribution in [-0.2, 0) is 0 Å². The first-order chi connectivity index (χ1) is 14.5. The molecule has 1 N–H and O–H groups in total. The van der Waals surface area contributed by atoms with Gasteiger partial charge < -0.3 is 24.2 Å². The van der Waals surface area contributed by atoms with E-state index >= 15 is 0 Å². The van der Waals surface area contributed by atoms with Crippen molar-refractivity contribution >= 4 is 5.91 Å². The van der Waals surface area contributed by atoms with E-state index in [9.17, 15) is 18.7 Å². The Morgan fingerprint density at radius 1 is 1.03 bits per heavy atom. The Bertz CT molecular complexity index is 964. The lowest BCUT2D eigenvalue weighted by Gasteiger charge is -2.35. The smallest absolute Gasteiger partial charge is 0.259 e. The Labute approximate surface area is 172 Å². The van der Waals surface area contributed by atoms with E-state index in [4.69, 9.17) is 14.2 Å². The Morgan fingerprint density at radius 2 is 1.73 bits per heavy atom. The number of ether oxygens (including phenoxy) is 3. The number of carbonyl (C=O) groups is 1. The van der Waals surface area contributed by atoms with Crippen molar-refractivity contribution in [2.24, 2.45) is 11.8 Å². The van der Waals surface area contributed by atoms with Gasteiger partial charge in [0.2, 0.25) is 6.79 Å². The van der Waals surface area contributed by atoms with Crippen LogP contribution in [-0.4, -0.2) is 48.0 Å². The van der Waals surface area contributed by atoms with Gasteiger partial charge in [-0.2, -0.15) is 0 Å². The molecule has 4 atom stereocenters. The summed E-state index contributed by atoms with van der Waals surface area (Å²) in [7, 11) is 0. The van der Waals surface area contributed by atoms with Crippen molar-refractivity contribution in [3.8, 4) is 17.2 Å². The highest BCUT2D eigenvalue weighted by Gasteiger charge is 2.44. The highest BCUT2D eigenvalue weighted by Crippen LogP contribution is 2.40. The molecule has 0 spiro atoms. The predicted molar refractivity (Wildman–Crippen MR) is 101 cm³/mol. The Kier molecular flexibility index (Phi) is 4.73. The number of hydrogen-bond acceptors (Lipinski definition) is 5. The maximum Gasteiger partial charge on any atom is 0.259 e. The molecule has 1 amide bonds. The van der Waals surface area contributed by atoms with Crippen LogP contribution in [0.25, 0.3) is 0 Å². The van der Waals surface area contributed by atoms with Gasteiger partial charge in [0.15, 0.2) is 11.5 Å². The molecule has 2 aromatic carbocycles. The first kappa shape index (κ1) is 19.1. The number of hydrogen-bond donors (Lipinski definition) is 1. The van der Waals surface area contributed by atoms with Crippen LogP contribution in [0, 0.1) is 23.5 Å². The van der Waals surface area contributed by atoms with E-state index in [2.05, 4.69) is 0 Å². The van der Waals surface area contributed by atoms with Crippen LogP contribution in [0.4, 0.5) is 8.78 Å². The summed E-state index contributed by atoms with van der Waals surface area (Å²) in [6.07, 6.45) is -0.128. The topological polar surface area (TPSA) is 68.2 Å². The summed E-state index contributed by atoms with van der Waals surface area (Å²) in [6, 6.07) is 8.65. The number of aliphatic hydroxyl groups is 1. The standard InChI is InChI=1S/C22H21F2NO5/c23-15-2-1-3-16(24)21(15)22(27)25-9-12-6-17(26)19(7-13(12)10-25)30-14-4-5-18-20(8-14)29-11-28-18/h1-5,8,12-13,17,19,26H,6-7,9-11H2/t12-,13+,17+,19+/m0/s1. The molecule has 0 radical (unpaired) electrons. The first-order valence-electron chi connectivity index (χ1n) is 9.97. The molecule has 8 heteroatoms. The molecule has 2 aliphatic heterocycles. The zero-order valence-electron chi connectivity index (χ0n) is 16.1. The largest absolute Gasteiger partial charge is 0.488 e. The maximum atomic E-state index is 14.0. The number of benzene rings is 2. The molecule has 30 heavy (non-hydrogen) atoms. The van der Waals surface area contributed by atoms with Crippen molar-refractivity contribution < 1.29 is 32.9 Å². The van der Waals surface area contributed by atoms with Gasteiger partial charge in [0.1, 0.15) is 29.1 Å². The minimum Gasteiger partial charge on any atom is -0.488 e. The van der Waals surface area contributed by atoms with Gasteiger partial charge in [0.05, 0.1) is 6.10 Å². The minimum atomic E-state index is -0.862. The van der Waals surface area contributed by atoms with Crippen LogP contribution in [0.3, 0.4) is 0 Å². The lowest BCUT2D eigenvalue weighted by Crippen LogP contribution is -2.42. The van der Waals surface area contributed by atoms with Crippen LogP contribution in [0.1, 0.15) is 23.2 Å². The van der Waals surface area contributed by atoms with E-state index in [-0.39, 0.29) is 18.6 Å². The van der Waals surface area contributed by atoms with E-state index in [1.165, 1.54) is 11.0 Å². The van der Waals surface area contributed by atoms with Gasteiger partial charge in [-0.25, -0.2) is 8.78 Å². The third-order valence-corrected chi connectivity index (χ3v) is 6.18. The number of likely N-dealkylation sites (tertiary alicyclic amines) is 1. The molecule has 6 nitrogen and oxygen atoms in total. The maximum absolute atomic E-state index is 14.0. The highest BCUT2D eigenvalue weighted by molar-refractivity contribution is 5.95. The summed E-state index contributed by atoms with van der Waals surface area (Å²) in [5.41, 5.74) is -0.523. The fourth-order valence-corrected chi connectivity index (χ4v) is 4.67. The van der Waals surface area contributed by atoms with Crippen molar-refractivity contribution in [2.75, 3.05) is 19.9 Å². The van der Waals surface area contributed by atoms with Gasteiger partial charge in [0, 0.05) is 19.2 Å². The van der Waals surface area contributed by atoms with E-state index < -0.39 is 35.3 Å². The molecule has 1 aliphatic carbocycles. The number of nitrogens with zero attached hydrogens (tertiary/aromatic N) is 1. The summed E-state index contributed by atoms with van der Waals surface area (Å²) in [4.78, 5) is 14.2. The molecule has 3 aliphatic rings. The number of amides is 1. The zero-order chi connectivity index (χ0) is 20.8. The second-order valence-electron chi connectivity index (χ2n) is 8.04. The van der Waals surface area contributed by atoms with Crippen molar-refractivity contribution in [2.45, 2.75) is 25.0 Å². The minimum absolute atomic E-state index is 0.0652. The monoisotopic (exact) mass is 417 g/mol. The average Bonchev–Trinajstić information content (AvgIpc) is 3.34.